The molecule has 0 aliphatic rings. The van der Waals surface area contributed by atoms with Crippen molar-refractivity contribution in [1.82, 2.24) is 10.3 Å². The summed E-state index contributed by atoms with van der Waals surface area (Å²) in [5.41, 5.74) is 6.39. The van der Waals surface area contributed by atoms with Crippen molar-refractivity contribution in [2.45, 2.75) is 19.5 Å². The molecule has 3 N–H and O–H groups in total. The number of hydrogen-bond donors (Lipinski definition) is 2. The number of halogens is 2. The van der Waals surface area contributed by atoms with E-state index in [1.54, 1.807) is 19.3 Å². The van der Waals surface area contributed by atoms with Gasteiger partial charge in [-0.25, -0.2) is 0 Å². The van der Waals surface area contributed by atoms with E-state index in [2.05, 4.69) is 10.3 Å². The lowest BCUT2D eigenvalue weighted by Gasteiger charge is -2.06. The van der Waals surface area contributed by atoms with Crippen LogP contribution in [-0.4, -0.2) is 16.9 Å². The normalized spacial score (nSPS) is 10.5. The van der Waals surface area contributed by atoms with Gasteiger partial charge in [-0.2, -0.15) is 0 Å². The molecule has 0 radical (unpaired) electrons. The number of nitrogens with one attached hydrogen (secondary N) is 1. The lowest BCUT2D eigenvalue weighted by molar-refractivity contribution is -0.122. The average Bonchev–Trinajstić information content (AvgIpc) is 2.15. The van der Waals surface area contributed by atoms with E-state index < -0.39 is 6.04 Å². The SMILES string of the molecule is C[C@H](N)C(=O)NCc1ccncc1.Cl.Cl. The first-order valence-electron chi connectivity index (χ1n) is 4.12. The molecule has 0 aromatic carbocycles. The van der Waals surface area contributed by atoms with E-state index in [0.29, 0.717) is 6.54 Å². The van der Waals surface area contributed by atoms with Crippen LogP contribution >= 0.6 is 24.8 Å². The van der Waals surface area contributed by atoms with E-state index in [9.17, 15) is 4.79 Å². The van der Waals surface area contributed by atoms with Crippen LogP contribution < -0.4 is 11.1 Å². The van der Waals surface area contributed by atoms with E-state index in [1.807, 2.05) is 12.1 Å². The highest BCUT2D eigenvalue weighted by Crippen LogP contribution is 1.94. The number of aromatic nitrogens is 1. The molecule has 1 aromatic rings. The Morgan fingerprint density at radius 1 is 1.47 bits per heavy atom. The fourth-order valence-electron chi connectivity index (χ4n) is 0.851. The summed E-state index contributed by atoms with van der Waals surface area (Å²) in [6, 6.07) is 3.24. The van der Waals surface area contributed by atoms with E-state index in [-0.39, 0.29) is 30.7 Å². The fraction of sp³-hybridized carbons (Fsp3) is 0.333. The monoisotopic (exact) mass is 251 g/mol. The second-order valence-electron chi connectivity index (χ2n) is 2.86. The third-order valence-electron chi connectivity index (χ3n) is 1.63. The van der Waals surface area contributed by atoms with Gasteiger partial charge in [0, 0.05) is 18.9 Å². The molecule has 0 saturated carbocycles. The van der Waals surface area contributed by atoms with Crippen LogP contribution in [0.3, 0.4) is 0 Å². The number of rotatable bonds is 3. The Morgan fingerprint density at radius 2 is 2.00 bits per heavy atom. The molecular formula is C9H15Cl2N3O. The molecule has 1 rings (SSSR count). The van der Waals surface area contributed by atoms with Crippen LogP contribution in [0.5, 0.6) is 0 Å². The van der Waals surface area contributed by atoms with Crippen molar-refractivity contribution in [2.24, 2.45) is 5.73 Å². The minimum atomic E-state index is -0.457. The molecule has 0 aliphatic heterocycles. The number of carbonyl (C=O) groups excluding carboxylic acids is 1. The molecule has 15 heavy (non-hydrogen) atoms. The molecule has 0 saturated heterocycles. The predicted octanol–water partition coefficient (Wildman–Crippen LogP) is 0.889. The molecule has 6 heteroatoms. The third-order valence-corrected chi connectivity index (χ3v) is 1.63. The summed E-state index contributed by atoms with van der Waals surface area (Å²) in [4.78, 5) is 14.9. The average molecular weight is 252 g/mol. The van der Waals surface area contributed by atoms with Crippen LogP contribution in [0.25, 0.3) is 0 Å². The number of hydrogen-bond acceptors (Lipinski definition) is 3. The molecule has 1 atom stereocenters. The zero-order chi connectivity index (χ0) is 9.68. The number of nitrogens with two attached hydrogens (primary N) is 1. The van der Waals surface area contributed by atoms with Crippen molar-refractivity contribution < 1.29 is 4.79 Å². The Balaban J connectivity index is 0. The zero-order valence-corrected chi connectivity index (χ0v) is 9.98. The minimum absolute atomic E-state index is 0. The molecule has 86 valence electrons. The fourth-order valence-corrected chi connectivity index (χ4v) is 0.851. The highest BCUT2D eigenvalue weighted by atomic mass is 35.5. The number of nitrogens with zero attached hydrogens (tertiary/aromatic N) is 1. The first-order chi connectivity index (χ1) is 6.20. The quantitative estimate of drug-likeness (QED) is 0.839. The molecule has 0 bridgehead atoms. The van der Waals surface area contributed by atoms with E-state index in [1.165, 1.54) is 0 Å². The molecule has 0 unspecified atom stereocenters. The van der Waals surface area contributed by atoms with Gasteiger partial charge in [-0.1, -0.05) is 0 Å². The van der Waals surface area contributed by atoms with Crippen molar-refractivity contribution in [3.8, 4) is 0 Å². The van der Waals surface area contributed by atoms with Crippen LogP contribution in [0, 0.1) is 0 Å². The standard InChI is InChI=1S/C9H13N3O.2ClH/c1-7(10)9(13)12-6-8-2-4-11-5-3-8;;/h2-5,7H,6,10H2,1H3,(H,12,13);2*1H/t7-;;/m0../s1. The maximum absolute atomic E-state index is 11.1. The van der Waals surface area contributed by atoms with Crippen molar-refractivity contribution in [1.29, 1.82) is 0 Å². The molecule has 1 aromatic heterocycles. The van der Waals surface area contributed by atoms with Gasteiger partial charge in [-0.05, 0) is 24.6 Å². The molecule has 1 amide bonds. The summed E-state index contributed by atoms with van der Waals surface area (Å²) in [7, 11) is 0. The highest BCUT2D eigenvalue weighted by Gasteiger charge is 2.05. The molecular weight excluding hydrogens is 237 g/mol. The van der Waals surface area contributed by atoms with Crippen LogP contribution in [0.4, 0.5) is 0 Å². The van der Waals surface area contributed by atoms with Gasteiger partial charge < -0.3 is 11.1 Å². The van der Waals surface area contributed by atoms with Crippen LogP contribution in [-0.2, 0) is 11.3 Å². The summed E-state index contributed by atoms with van der Waals surface area (Å²) in [5, 5.41) is 2.71. The summed E-state index contributed by atoms with van der Waals surface area (Å²) in [6.07, 6.45) is 3.38. The number of pyridine rings is 1. The maximum atomic E-state index is 11.1. The summed E-state index contributed by atoms with van der Waals surface area (Å²) in [6.45, 7) is 2.16. The van der Waals surface area contributed by atoms with Crippen molar-refractivity contribution in [3.63, 3.8) is 0 Å². The molecule has 0 fully saturated rings. The van der Waals surface area contributed by atoms with Gasteiger partial charge in [0.05, 0.1) is 6.04 Å². The number of carbonyl (C=O) groups is 1. The Hall–Kier alpha value is -0.840. The van der Waals surface area contributed by atoms with Gasteiger partial charge >= 0.3 is 0 Å². The van der Waals surface area contributed by atoms with E-state index in [4.69, 9.17) is 5.73 Å². The largest absolute Gasteiger partial charge is 0.351 e. The smallest absolute Gasteiger partial charge is 0.236 e. The van der Waals surface area contributed by atoms with Crippen molar-refractivity contribution >= 4 is 30.7 Å². The Morgan fingerprint density at radius 3 is 2.47 bits per heavy atom. The highest BCUT2D eigenvalue weighted by molar-refractivity contribution is 5.85. The Kier molecular flexibility index (Phi) is 9.36. The summed E-state index contributed by atoms with van der Waals surface area (Å²) in [5.74, 6) is -0.142. The maximum Gasteiger partial charge on any atom is 0.236 e. The van der Waals surface area contributed by atoms with Crippen LogP contribution in [0.15, 0.2) is 24.5 Å². The first-order valence-corrected chi connectivity index (χ1v) is 4.12. The second-order valence-corrected chi connectivity index (χ2v) is 2.86. The van der Waals surface area contributed by atoms with E-state index >= 15 is 0 Å². The first kappa shape index (κ1) is 16.6. The zero-order valence-electron chi connectivity index (χ0n) is 8.34. The lowest BCUT2D eigenvalue weighted by atomic mass is 10.2. The lowest BCUT2D eigenvalue weighted by Crippen LogP contribution is -2.37. The Bertz CT molecular complexity index is 280. The summed E-state index contributed by atoms with van der Waals surface area (Å²) < 4.78 is 0. The van der Waals surface area contributed by atoms with Gasteiger partial charge in [0.25, 0.3) is 0 Å². The summed E-state index contributed by atoms with van der Waals surface area (Å²) >= 11 is 0. The molecule has 0 spiro atoms. The van der Waals surface area contributed by atoms with Crippen LogP contribution in [0.1, 0.15) is 12.5 Å². The molecule has 1 heterocycles. The second kappa shape index (κ2) is 8.47. The minimum Gasteiger partial charge on any atom is -0.351 e. The van der Waals surface area contributed by atoms with Crippen molar-refractivity contribution in [3.05, 3.63) is 30.1 Å². The van der Waals surface area contributed by atoms with Crippen molar-refractivity contribution in [2.75, 3.05) is 0 Å². The number of amides is 1. The van der Waals surface area contributed by atoms with Gasteiger partial charge in [0.1, 0.15) is 0 Å². The van der Waals surface area contributed by atoms with E-state index in [0.717, 1.165) is 5.56 Å². The van der Waals surface area contributed by atoms with Gasteiger partial charge in [-0.15, -0.1) is 24.8 Å². The van der Waals surface area contributed by atoms with Gasteiger partial charge in [0.2, 0.25) is 5.91 Å². The third kappa shape index (κ3) is 6.28. The molecule has 4 nitrogen and oxygen atoms in total. The van der Waals surface area contributed by atoms with Gasteiger partial charge in [0.15, 0.2) is 0 Å². The topological polar surface area (TPSA) is 68.0 Å². The molecule has 0 aliphatic carbocycles. The predicted molar refractivity (Wildman–Crippen MR) is 64.2 cm³/mol. The van der Waals surface area contributed by atoms with Crippen LogP contribution in [0.2, 0.25) is 0 Å². The van der Waals surface area contributed by atoms with Gasteiger partial charge in [-0.3, -0.25) is 9.78 Å². The Labute approximate surface area is 101 Å².